The second-order valence-corrected chi connectivity index (χ2v) is 2.77. The standard InChI is InChI=1S/C8H20N2O/c1-2-10-7-5-3-4-6-8(9)11/h8,10-11H,2-7,9H2,1H3. The van der Waals surface area contributed by atoms with Crippen molar-refractivity contribution in [2.24, 2.45) is 5.73 Å². The molecule has 0 bridgehead atoms. The number of aliphatic hydroxyl groups excluding tert-OH is 1. The molecule has 0 aromatic rings. The van der Waals surface area contributed by atoms with Crippen LogP contribution in [0.5, 0.6) is 0 Å². The normalized spacial score (nSPS) is 13.4. The van der Waals surface area contributed by atoms with E-state index in [-0.39, 0.29) is 0 Å². The lowest BCUT2D eigenvalue weighted by atomic mass is 10.2. The summed E-state index contributed by atoms with van der Waals surface area (Å²) in [6.07, 6.45) is 3.48. The summed E-state index contributed by atoms with van der Waals surface area (Å²) in [5.41, 5.74) is 5.17. The number of nitrogens with two attached hydrogens (primary N) is 1. The van der Waals surface area contributed by atoms with Crippen LogP contribution < -0.4 is 11.1 Å². The molecule has 0 heterocycles. The van der Waals surface area contributed by atoms with Crippen molar-refractivity contribution in [3.05, 3.63) is 0 Å². The van der Waals surface area contributed by atoms with E-state index in [0.717, 1.165) is 32.4 Å². The molecule has 0 radical (unpaired) electrons. The van der Waals surface area contributed by atoms with Gasteiger partial charge >= 0.3 is 0 Å². The first-order valence-corrected chi connectivity index (χ1v) is 4.41. The van der Waals surface area contributed by atoms with Gasteiger partial charge in [0.05, 0.1) is 0 Å². The van der Waals surface area contributed by atoms with Gasteiger partial charge in [0.2, 0.25) is 0 Å². The quantitative estimate of drug-likeness (QED) is 0.374. The summed E-state index contributed by atoms with van der Waals surface area (Å²) >= 11 is 0. The van der Waals surface area contributed by atoms with Gasteiger partial charge in [-0.05, 0) is 32.4 Å². The van der Waals surface area contributed by atoms with Gasteiger partial charge in [-0.2, -0.15) is 0 Å². The smallest absolute Gasteiger partial charge is 0.102 e. The first-order valence-electron chi connectivity index (χ1n) is 4.41. The van der Waals surface area contributed by atoms with E-state index in [1.54, 1.807) is 0 Å². The van der Waals surface area contributed by atoms with E-state index >= 15 is 0 Å². The zero-order valence-electron chi connectivity index (χ0n) is 7.34. The molecule has 0 aliphatic carbocycles. The zero-order chi connectivity index (χ0) is 8.53. The van der Waals surface area contributed by atoms with Gasteiger partial charge in [-0.25, -0.2) is 0 Å². The highest BCUT2D eigenvalue weighted by atomic mass is 16.3. The number of aliphatic hydroxyl groups is 1. The summed E-state index contributed by atoms with van der Waals surface area (Å²) in [6.45, 7) is 4.22. The largest absolute Gasteiger partial charge is 0.379 e. The van der Waals surface area contributed by atoms with Crippen LogP contribution in [0.15, 0.2) is 0 Å². The Bertz CT molecular complexity index is 76.5. The number of hydrogen-bond acceptors (Lipinski definition) is 3. The Hall–Kier alpha value is -0.120. The molecule has 0 aliphatic heterocycles. The van der Waals surface area contributed by atoms with Crippen LogP contribution in [0.25, 0.3) is 0 Å². The SMILES string of the molecule is CCNCCCCCC(N)O. The molecule has 4 N–H and O–H groups in total. The third-order valence-electron chi connectivity index (χ3n) is 1.60. The van der Waals surface area contributed by atoms with Gasteiger partial charge in [-0.3, -0.25) is 0 Å². The molecule has 1 atom stereocenters. The molecule has 0 aliphatic rings. The van der Waals surface area contributed by atoms with Crippen molar-refractivity contribution in [1.82, 2.24) is 5.32 Å². The van der Waals surface area contributed by atoms with E-state index in [0.29, 0.717) is 0 Å². The lowest BCUT2D eigenvalue weighted by Crippen LogP contribution is -2.18. The van der Waals surface area contributed by atoms with Crippen molar-refractivity contribution in [2.45, 2.75) is 38.8 Å². The van der Waals surface area contributed by atoms with E-state index < -0.39 is 6.23 Å². The average Bonchev–Trinajstić information content (AvgIpc) is 1.96. The minimum absolute atomic E-state index is 0.617. The van der Waals surface area contributed by atoms with Crippen molar-refractivity contribution in [3.8, 4) is 0 Å². The van der Waals surface area contributed by atoms with Gasteiger partial charge in [0.15, 0.2) is 0 Å². The first kappa shape index (κ1) is 10.9. The summed E-state index contributed by atoms with van der Waals surface area (Å²) in [5, 5.41) is 12.0. The summed E-state index contributed by atoms with van der Waals surface area (Å²) in [7, 11) is 0. The average molecular weight is 160 g/mol. The van der Waals surface area contributed by atoms with Crippen LogP contribution in [-0.2, 0) is 0 Å². The first-order chi connectivity index (χ1) is 5.27. The lowest BCUT2D eigenvalue weighted by Gasteiger charge is -2.03. The molecule has 0 aromatic heterocycles. The van der Waals surface area contributed by atoms with E-state index in [1.807, 2.05) is 0 Å². The topological polar surface area (TPSA) is 58.3 Å². The van der Waals surface area contributed by atoms with E-state index in [9.17, 15) is 0 Å². The molecule has 0 rings (SSSR count). The van der Waals surface area contributed by atoms with Gasteiger partial charge < -0.3 is 16.2 Å². The Morgan fingerprint density at radius 1 is 1.36 bits per heavy atom. The lowest BCUT2D eigenvalue weighted by molar-refractivity contribution is 0.168. The summed E-state index contributed by atoms with van der Waals surface area (Å²) in [5.74, 6) is 0. The number of nitrogens with one attached hydrogen (secondary N) is 1. The fourth-order valence-corrected chi connectivity index (χ4v) is 0.957. The second kappa shape index (κ2) is 7.98. The van der Waals surface area contributed by atoms with Crippen molar-refractivity contribution >= 4 is 0 Å². The van der Waals surface area contributed by atoms with E-state index in [2.05, 4.69) is 12.2 Å². The molecular formula is C8H20N2O. The maximum atomic E-state index is 8.72. The Morgan fingerprint density at radius 3 is 2.64 bits per heavy atom. The minimum atomic E-state index is -0.617. The summed E-state index contributed by atoms with van der Waals surface area (Å²) in [4.78, 5) is 0. The third kappa shape index (κ3) is 9.88. The zero-order valence-corrected chi connectivity index (χ0v) is 7.34. The van der Waals surface area contributed by atoms with Crippen LogP contribution in [0.3, 0.4) is 0 Å². The van der Waals surface area contributed by atoms with Crippen LogP contribution in [0.4, 0.5) is 0 Å². The summed E-state index contributed by atoms with van der Waals surface area (Å²) in [6, 6.07) is 0. The maximum absolute atomic E-state index is 8.72. The van der Waals surface area contributed by atoms with Crippen molar-refractivity contribution in [1.29, 1.82) is 0 Å². The molecule has 11 heavy (non-hydrogen) atoms. The predicted octanol–water partition coefficient (Wildman–Crippen LogP) is 0.433. The molecule has 3 heteroatoms. The maximum Gasteiger partial charge on any atom is 0.102 e. The highest BCUT2D eigenvalue weighted by Crippen LogP contribution is 1.99. The molecule has 1 unspecified atom stereocenters. The highest BCUT2D eigenvalue weighted by molar-refractivity contribution is 4.49. The number of rotatable bonds is 7. The second-order valence-electron chi connectivity index (χ2n) is 2.77. The molecule has 0 saturated heterocycles. The molecule has 0 saturated carbocycles. The van der Waals surface area contributed by atoms with Crippen molar-refractivity contribution in [2.75, 3.05) is 13.1 Å². The van der Waals surface area contributed by atoms with Crippen molar-refractivity contribution in [3.63, 3.8) is 0 Å². The molecule has 0 amide bonds. The Morgan fingerprint density at radius 2 is 2.09 bits per heavy atom. The van der Waals surface area contributed by atoms with Crippen LogP contribution in [0.1, 0.15) is 32.6 Å². The van der Waals surface area contributed by atoms with Gasteiger partial charge in [-0.1, -0.05) is 13.3 Å². The fraction of sp³-hybridized carbons (Fsp3) is 1.00. The van der Waals surface area contributed by atoms with Gasteiger partial charge in [0.25, 0.3) is 0 Å². The Kier molecular flexibility index (Phi) is 7.89. The van der Waals surface area contributed by atoms with Crippen molar-refractivity contribution < 1.29 is 5.11 Å². The van der Waals surface area contributed by atoms with Crippen LogP contribution in [0.2, 0.25) is 0 Å². The predicted molar refractivity (Wildman–Crippen MR) is 47.2 cm³/mol. The Labute approximate surface area is 69.0 Å². The van der Waals surface area contributed by atoms with E-state index in [4.69, 9.17) is 10.8 Å². The van der Waals surface area contributed by atoms with Crippen LogP contribution in [-0.4, -0.2) is 24.4 Å². The molecule has 0 spiro atoms. The molecule has 3 nitrogen and oxygen atoms in total. The van der Waals surface area contributed by atoms with E-state index in [1.165, 1.54) is 6.42 Å². The summed E-state index contributed by atoms with van der Waals surface area (Å²) < 4.78 is 0. The fourth-order valence-electron chi connectivity index (χ4n) is 0.957. The number of hydrogen-bond donors (Lipinski definition) is 3. The molecule has 68 valence electrons. The van der Waals surface area contributed by atoms with Crippen LogP contribution in [0, 0.1) is 0 Å². The highest BCUT2D eigenvalue weighted by Gasteiger charge is 1.94. The minimum Gasteiger partial charge on any atom is -0.379 e. The monoisotopic (exact) mass is 160 g/mol. The van der Waals surface area contributed by atoms with Gasteiger partial charge in [-0.15, -0.1) is 0 Å². The van der Waals surface area contributed by atoms with Gasteiger partial charge in [0.1, 0.15) is 6.23 Å². The third-order valence-corrected chi connectivity index (χ3v) is 1.60. The molecule has 0 fully saturated rings. The number of unbranched alkanes of at least 4 members (excludes halogenated alkanes) is 2. The molecule has 0 aromatic carbocycles. The van der Waals surface area contributed by atoms with Gasteiger partial charge in [0, 0.05) is 0 Å². The molecular weight excluding hydrogens is 140 g/mol. The Balaban J connectivity index is 2.80. The van der Waals surface area contributed by atoms with Crippen LogP contribution >= 0.6 is 0 Å².